The highest BCUT2D eigenvalue weighted by atomic mass is 16.8. The molecule has 0 radical (unpaired) electrons. The highest BCUT2D eigenvalue weighted by Gasteiger charge is 2.50. The van der Waals surface area contributed by atoms with Gasteiger partial charge in [-0.3, -0.25) is 0 Å². The normalized spacial score (nSPS) is 44.4. The third-order valence-corrected chi connectivity index (χ3v) is 2.43. The summed E-state index contributed by atoms with van der Waals surface area (Å²) in [6.07, 6.45) is 3.94. The summed E-state index contributed by atoms with van der Waals surface area (Å²) in [5, 5.41) is 9.62. The van der Waals surface area contributed by atoms with Crippen LogP contribution in [0.3, 0.4) is 0 Å². The van der Waals surface area contributed by atoms with Crippen molar-refractivity contribution < 1.29 is 14.6 Å². The van der Waals surface area contributed by atoms with Crippen LogP contribution in [0.2, 0.25) is 0 Å². The van der Waals surface area contributed by atoms with Crippen LogP contribution in [0.5, 0.6) is 0 Å². The summed E-state index contributed by atoms with van der Waals surface area (Å²) in [4.78, 5) is 0. The van der Waals surface area contributed by atoms with Crippen LogP contribution in [0.25, 0.3) is 0 Å². The summed E-state index contributed by atoms with van der Waals surface area (Å²) >= 11 is 0. The molecule has 3 heteroatoms. The molecule has 3 nitrogen and oxygen atoms in total. The molecular weight excluding hydrogens is 156 g/mol. The predicted octanol–water partition coefficient (Wildman–Crippen LogP) is 0.829. The lowest BCUT2D eigenvalue weighted by Crippen LogP contribution is -2.41. The van der Waals surface area contributed by atoms with Crippen LogP contribution in [0.1, 0.15) is 20.3 Å². The fourth-order valence-corrected chi connectivity index (χ4v) is 1.78. The molecule has 68 valence electrons. The number of hydrogen-bond donors (Lipinski definition) is 1. The van der Waals surface area contributed by atoms with Crippen LogP contribution < -0.4 is 0 Å². The zero-order valence-corrected chi connectivity index (χ0v) is 7.41. The molecule has 0 amide bonds. The molecule has 1 heterocycles. The Morgan fingerprint density at radius 2 is 2.25 bits per heavy atom. The third-order valence-electron chi connectivity index (χ3n) is 2.43. The van der Waals surface area contributed by atoms with Gasteiger partial charge in [0, 0.05) is 0 Å². The molecule has 1 spiro atoms. The second-order valence-electron chi connectivity index (χ2n) is 3.93. The van der Waals surface area contributed by atoms with E-state index in [2.05, 4.69) is 0 Å². The van der Waals surface area contributed by atoms with E-state index in [1.165, 1.54) is 0 Å². The maximum absolute atomic E-state index is 9.62. The Bertz CT molecular complexity index is 222. The van der Waals surface area contributed by atoms with Crippen LogP contribution in [-0.4, -0.2) is 29.2 Å². The van der Waals surface area contributed by atoms with E-state index >= 15 is 0 Å². The van der Waals surface area contributed by atoms with Crippen LogP contribution in [0.15, 0.2) is 12.2 Å². The number of aliphatic hydroxyl groups excluding tert-OH is 1. The van der Waals surface area contributed by atoms with E-state index in [1.807, 2.05) is 19.9 Å². The topological polar surface area (TPSA) is 38.7 Å². The van der Waals surface area contributed by atoms with Crippen molar-refractivity contribution in [3.63, 3.8) is 0 Å². The average Bonchev–Trinajstić information content (AvgIpc) is 2.43. The van der Waals surface area contributed by atoms with Crippen LogP contribution in [0.4, 0.5) is 0 Å². The quantitative estimate of drug-likeness (QED) is 0.547. The highest BCUT2D eigenvalue weighted by molar-refractivity contribution is 5.14. The Kier molecular flexibility index (Phi) is 1.59. The van der Waals surface area contributed by atoms with E-state index in [4.69, 9.17) is 9.47 Å². The summed E-state index contributed by atoms with van der Waals surface area (Å²) < 4.78 is 11.1. The fourth-order valence-electron chi connectivity index (χ4n) is 1.78. The van der Waals surface area contributed by atoms with Gasteiger partial charge in [0.25, 0.3) is 0 Å². The largest absolute Gasteiger partial charge is 0.386 e. The Morgan fingerprint density at radius 3 is 2.67 bits per heavy atom. The number of aliphatic hydroxyl groups is 1. The molecule has 0 aromatic rings. The first kappa shape index (κ1) is 8.23. The van der Waals surface area contributed by atoms with E-state index in [1.54, 1.807) is 6.08 Å². The summed E-state index contributed by atoms with van der Waals surface area (Å²) in [5.41, 5.74) is -0.497. The molecule has 2 rings (SSSR count). The van der Waals surface area contributed by atoms with Crippen molar-refractivity contribution in [2.75, 3.05) is 6.61 Å². The van der Waals surface area contributed by atoms with Gasteiger partial charge in [-0.2, -0.15) is 0 Å². The maximum atomic E-state index is 9.62. The third kappa shape index (κ3) is 1.09. The van der Waals surface area contributed by atoms with E-state index in [9.17, 15) is 5.11 Å². The van der Waals surface area contributed by atoms with E-state index in [0.29, 0.717) is 6.61 Å². The number of hydrogen-bond acceptors (Lipinski definition) is 3. The molecule has 1 aliphatic carbocycles. The molecule has 2 aliphatic rings. The van der Waals surface area contributed by atoms with Crippen molar-refractivity contribution in [2.45, 2.75) is 37.8 Å². The first-order chi connectivity index (χ1) is 5.54. The van der Waals surface area contributed by atoms with Gasteiger partial charge in [-0.05, 0) is 20.3 Å². The fraction of sp³-hybridized carbons (Fsp3) is 0.778. The van der Waals surface area contributed by atoms with Crippen molar-refractivity contribution in [1.29, 1.82) is 0 Å². The lowest BCUT2D eigenvalue weighted by Gasteiger charge is -2.27. The summed E-state index contributed by atoms with van der Waals surface area (Å²) in [6.45, 7) is 4.22. The molecule has 1 fully saturated rings. The van der Waals surface area contributed by atoms with Crippen LogP contribution >= 0.6 is 0 Å². The number of rotatable bonds is 0. The van der Waals surface area contributed by atoms with Gasteiger partial charge in [-0.25, -0.2) is 0 Å². The molecule has 1 saturated heterocycles. The van der Waals surface area contributed by atoms with Gasteiger partial charge in [-0.15, -0.1) is 0 Å². The van der Waals surface area contributed by atoms with Crippen molar-refractivity contribution >= 4 is 0 Å². The van der Waals surface area contributed by atoms with Gasteiger partial charge in [0.1, 0.15) is 11.7 Å². The second kappa shape index (κ2) is 2.31. The molecule has 0 bridgehead atoms. The first-order valence-corrected chi connectivity index (χ1v) is 4.23. The Labute approximate surface area is 72.0 Å². The minimum absolute atomic E-state index is 0.480. The molecule has 12 heavy (non-hydrogen) atoms. The van der Waals surface area contributed by atoms with Gasteiger partial charge in [0.15, 0.2) is 5.79 Å². The summed E-state index contributed by atoms with van der Waals surface area (Å²) in [7, 11) is 0. The zero-order valence-electron chi connectivity index (χ0n) is 7.41. The molecule has 0 aromatic heterocycles. The summed E-state index contributed by atoms with van der Waals surface area (Å²) in [6, 6.07) is 0. The SMILES string of the molecule is CC1(C)OC[C@]2(CC=C[C@@H]2O)O1. The highest BCUT2D eigenvalue weighted by Crippen LogP contribution is 2.39. The molecule has 0 saturated carbocycles. The summed E-state index contributed by atoms with van der Waals surface area (Å²) in [5.74, 6) is -0.549. The molecule has 2 atom stereocenters. The smallest absolute Gasteiger partial charge is 0.163 e. The lowest BCUT2D eigenvalue weighted by atomic mass is 10.0. The van der Waals surface area contributed by atoms with Crippen LogP contribution in [0, 0.1) is 0 Å². The molecule has 1 N–H and O–H groups in total. The standard InChI is InChI=1S/C9H14O3/c1-8(2)11-6-9(12-8)5-3-4-7(9)10/h3-4,7,10H,5-6H2,1-2H3/t7-,9-/m0/s1. The molecular formula is C9H14O3. The van der Waals surface area contributed by atoms with E-state index < -0.39 is 17.5 Å². The average molecular weight is 170 g/mol. The minimum atomic E-state index is -0.549. The van der Waals surface area contributed by atoms with Gasteiger partial charge in [0.05, 0.1) is 6.61 Å². The molecule has 0 unspecified atom stereocenters. The Morgan fingerprint density at radius 1 is 1.50 bits per heavy atom. The van der Waals surface area contributed by atoms with Crippen molar-refractivity contribution in [2.24, 2.45) is 0 Å². The predicted molar refractivity (Wildman–Crippen MR) is 43.6 cm³/mol. The van der Waals surface area contributed by atoms with Crippen molar-refractivity contribution in [3.05, 3.63) is 12.2 Å². The van der Waals surface area contributed by atoms with Gasteiger partial charge >= 0.3 is 0 Å². The van der Waals surface area contributed by atoms with Crippen LogP contribution in [-0.2, 0) is 9.47 Å². The molecule has 0 aromatic carbocycles. The Balaban J connectivity index is 2.16. The Hall–Kier alpha value is -0.380. The van der Waals surface area contributed by atoms with Crippen molar-refractivity contribution in [1.82, 2.24) is 0 Å². The van der Waals surface area contributed by atoms with Gasteiger partial charge < -0.3 is 14.6 Å². The number of ether oxygens (including phenoxy) is 2. The van der Waals surface area contributed by atoms with Crippen molar-refractivity contribution in [3.8, 4) is 0 Å². The molecule has 1 aliphatic heterocycles. The first-order valence-electron chi connectivity index (χ1n) is 4.23. The van der Waals surface area contributed by atoms with Gasteiger partial charge in [-0.1, -0.05) is 12.2 Å². The monoisotopic (exact) mass is 170 g/mol. The zero-order chi connectivity index (χ0) is 8.82. The lowest BCUT2D eigenvalue weighted by molar-refractivity contribution is -0.174. The van der Waals surface area contributed by atoms with E-state index in [0.717, 1.165) is 6.42 Å². The van der Waals surface area contributed by atoms with Gasteiger partial charge in [0.2, 0.25) is 0 Å². The minimum Gasteiger partial charge on any atom is -0.386 e. The second-order valence-corrected chi connectivity index (χ2v) is 3.93. The maximum Gasteiger partial charge on any atom is 0.163 e. The van der Waals surface area contributed by atoms with E-state index in [-0.39, 0.29) is 0 Å².